The molecule has 0 radical (unpaired) electrons. The van der Waals surface area contributed by atoms with Gasteiger partial charge >= 0.3 is 5.97 Å². The van der Waals surface area contributed by atoms with Crippen LogP contribution in [0.25, 0.3) is 0 Å². The maximum absolute atomic E-state index is 11.3. The molecule has 1 aromatic carbocycles. The van der Waals surface area contributed by atoms with Crippen LogP contribution >= 0.6 is 15.9 Å². The number of rotatable bonds is 4. The zero-order valence-electron chi connectivity index (χ0n) is 9.43. The monoisotopic (exact) mass is 298 g/mol. The third-order valence-corrected chi connectivity index (χ3v) is 3.75. The van der Waals surface area contributed by atoms with Crippen molar-refractivity contribution >= 4 is 21.9 Å². The van der Waals surface area contributed by atoms with Gasteiger partial charge in [-0.2, -0.15) is 0 Å². The molecule has 0 saturated carbocycles. The van der Waals surface area contributed by atoms with Gasteiger partial charge < -0.3 is 9.84 Å². The lowest BCUT2D eigenvalue weighted by Crippen LogP contribution is -2.26. The minimum absolute atomic E-state index is 0.149. The van der Waals surface area contributed by atoms with Crippen molar-refractivity contribution in [2.75, 3.05) is 13.2 Å². The average Bonchev–Trinajstić information content (AvgIpc) is 2.81. The molecule has 0 aromatic heterocycles. The van der Waals surface area contributed by atoms with Crippen LogP contribution in [0.2, 0.25) is 0 Å². The first-order chi connectivity index (χ1) is 8.16. The van der Waals surface area contributed by atoms with Gasteiger partial charge in [0.25, 0.3) is 0 Å². The molecule has 1 N–H and O–H groups in total. The van der Waals surface area contributed by atoms with E-state index in [-0.39, 0.29) is 11.8 Å². The third kappa shape index (κ3) is 3.30. The SMILES string of the molecule is O=C(O)C(Cc1ccc(Br)cc1)C1CCOC1. The summed E-state index contributed by atoms with van der Waals surface area (Å²) in [6.45, 7) is 1.27. The average molecular weight is 299 g/mol. The van der Waals surface area contributed by atoms with E-state index in [4.69, 9.17) is 4.74 Å². The van der Waals surface area contributed by atoms with Crippen molar-refractivity contribution in [3.05, 3.63) is 34.3 Å². The highest BCUT2D eigenvalue weighted by Crippen LogP contribution is 2.26. The molecule has 0 amide bonds. The predicted octanol–water partition coefficient (Wildman–Crippen LogP) is 2.73. The van der Waals surface area contributed by atoms with Gasteiger partial charge in [0, 0.05) is 11.1 Å². The van der Waals surface area contributed by atoms with E-state index < -0.39 is 5.97 Å². The normalized spacial score (nSPS) is 21.4. The van der Waals surface area contributed by atoms with Crippen molar-refractivity contribution in [3.63, 3.8) is 0 Å². The smallest absolute Gasteiger partial charge is 0.307 e. The molecule has 1 aromatic rings. The van der Waals surface area contributed by atoms with E-state index in [1.165, 1.54) is 0 Å². The van der Waals surface area contributed by atoms with Crippen LogP contribution in [0.4, 0.5) is 0 Å². The number of halogens is 1. The van der Waals surface area contributed by atoms with Crippen LogP contribution in [-0.2, 0) is 16.0 Å². The Labute approximate surface area is 109 Å². The first-order valence-corrected chi connectivity index (χ1v) is 6.51. The number of ether oxygens (including phenoxy) is 1. The Bertz CT molecular complexity index is 382. The Hall–Kier alpha value is -0.870. The lowest BCUT2D eigenvalue weighted by molar-refractivity contribution is -0.143. The summed E-state index contributed by atoms with van der Waals surface area (Å²) in [5.41, 5.74) is 1.06. The number of carbonyl (C=O) groups is 1. The molecule has 0 bridgehead atoms. The van der Waals surface area contributed by atoms with Crippen molar-refractivity contribution in [1.82, 2.24) is 0 Å². The lowest BCUT2D eigenvalue weighted by Gasteiger charge is -2.17. The van der Waals surface area contributed by atoms with Gasteiger partial charge in [-0.3, -0.25) is 4.79 Å². The van der Waals surface area contributed by atoms with Gasteiger partial charge in [0.15, 0.2) is 0 Å². The minimum atomic E-state index is -0.719. The van der Waals surface area contributed by atoms with Gasteiger partial charge in [-0.05, 0) is 36.5 Å². The Kier molecular flexibility index (Phi) is 4.18. The van der Waals surface area contributed by atoms with Gasteiger partial charge in [-0.15, -0.1) is 0 Å². The standard InChI is InChI=1S/C13H15BrO3/c14-11-3-1-9(2-4-11)7-12(13(15)16)10-5-6-17-8-10/h1-4,10,12H,5-8H2,(H,15,16). The molecule has 1 saturated heterocycles. The van der Waals surface area contributed by atoms with Gasteiger partial charge in [-0.1, -0.05) is 28.1 Å². The summed E-state index contributed by atoms with van der Waals surface area (Å²) in [7, 11) is 0. The molecule has 1 aliphatic heterocycles. The first kappa shape index (κ1) is 12.6. The van der Waals surface area contributed by atoms with E-state index in [1.54, 1.807) is 0 Å². The van der Waals surface area contributed by atoms with E-state index in [0.29, 0.717) is 19.6 Å². The van der Waals surface area contributed by atoms with E-state index >= 15 is 0 Å². The molecule has 2 atom stereocenters. The summed E-state index contributed by atoms with van der Waals surface area (Å²) in [6.07, 6.45) is 1.43. The number of benzene rings is 1. The van der Waals surface area contributed by atoms with Crippen LogP contribution in [-0.4, -0.2) is 24.3 Å². The van der Waals surface area contributed by atoms with Gasteiger partial charge in [0.1, 0.15) is 0 Å². The lowest BCUT2D eigenvalue weighted by atomic mass is 9.86. The molecule has 0 spiro atoms. The third-order valence-electron chi connectivity index (χ3n) is 3.22. The summed E-state index contributed by atoms with van der Waals surface area (Å²) in [6, 6.07) is 7.82. The molecular weight excluding hydrogens is 284 g/mol. The molecule has 1 fully saturated rings. The van der Waals surface area contributed by atoms with E-state index in [1.807, 2.05) is 24.3 Å². The molecule has 2 rings (SSSR count). The fraction of sp³-hybridized carbons (Fsp3) is 0.462. The second-order valence-corrected chi connectivity index (χ2v) is 5.31. The molecule has 2 unspecified atom stereocenters. The van der Waals surface area contributed by atoms with Crippen molar-refractivity contribution in [2.45, 2.75) is 12.8 Å². The molecule has 92 valence electrons. The summed E-state index contributed by atoms with van der Waals surface area (Å²) in [5.74, 6) is -0.904. The number of hydrogen-bond donors (Lipinski definition) is 1. The second-order valence-electron chi connectivity index (χ2n) is 4.40. The highest BCUT2D eigenvalue weighted by atomic mass is 79.9. The fourth-order valence-corrected chi connectivity index (χ4v) is 2.46. The zero-order valence-corrected chi connectivity index (χ0v) is 11.0. The van der Waals surface area contributed by atoms with Crippen molar-refractivity contribution in [1.29, 1.82) is 0 Å². The maximum atomic E-state index is 11.3. The summed E-state index contributed by atoms with van der Waals surface area (Å²) in [5, 5.41) is 9.28. The van der Waals surface area contributed by atoms with E-state index in [2.05, 4.69) is 15.9 Å². The van der Waals surface area contributed by atoms with Crippen molar-refractivity contribution < 1.29 is 14.6 Å². The molecule has 3 nitrogen and oxygen atoms in total. The quantitative estimate of drug-likeness (QED) is 0.930. The summed E-state index contributed by atoms with van der Waals surface area (Å²) >= 11 is 3.37. The maximum Gasteiger partial charge on any atom is 0.307 e. The van der Waals surface area contributed by atoms with Crippen LogP contribution in [0.5, 0.6) is 0 Å². The molecular formula is C13H15BrO3. The zero-order chi connectivity index (χ0) is 12.3. The molecule has 4 heteroatoms. The van der Waals surface area contributed by atoms with E-state index in [9.17, 15) is 9.90 Å². The van der Waals surface area contributed by atoms with Gasteiger partial charge in [-0.25, -0.2) is 0 Å². The Morgan fingerprint density at radius 2 is 2.18 bits per heavy atom. The number of aliphatic carboxylic acids is 1. The van der Waals surface area contributed by atoms with Gasteiger partial charge in [0.05, 0.1) is 12.5 Å². The molecule has 17 heavy (non-hydrogen) atoms. The topological polar surface area (TPSA) is 46.5 Å². The first-order valence-electron chi connectivity index (χ1n) is 5.72. The predicted molar refractivity (Wildman–Crippen MR) is 67.9 cm³/mol. The van der Waals surface area contributed by atoms with Crippen LogP contribution in [0.1, 0.15) is 12.0 Å². The van der Waals surface area contributed by atoms with Crippen LogP contribution in [0, 0.1) is 11.8 Å². The van der Waals surface area contributed by atoms with Crippen LogP contribution in [0.3, 0.4) is 0 Å². The summed E-state index contributed by atoms with van der Waals surface area (Å²) < 4.78 is 6.29. The van der Waals surface area contributed by atoms with Crippen molar-refractivity contribution in [2.24, 2.45) is 11.8 Å². The fourth-order valence-electron chi connectivity index (χ4n) is 2.20. The molecule has 0 aliphatic carbocycles. The summed E-state index contributed by atoms with van der Waals surface area (Å²) in [4.78, 5) is 11.3. The second kappa shape index (κ2) is 5.65. The molecule has 1 aliphatic rings. The Morgan fingerprint density at radius 3 is 2.71 bits per heavy atom. The number of carboxylic acid groups (broad SMARTS) is 1. The highest BCUT2D eigenvalue weighted by Gasteiger charge is 2.31. The molecule has 1 heterocycles. The Morgan fingerprint density at radius 1 is 1.47 bits per heavy atom. The largest absolute Gasteiger partial charge is 0.481 e. The van der Waals surface area contributed by atoms with Crippen LogP contribution < -0.4 is 0 Å². The highest BCUT2D eigenvalue weighted by molar-refractivity contribution is 9.10. The van der Waals surface area contributed by atoms with Crippen LogP contribution in [0.15, 0.2) is 28.7 Å². The van der Waals surface area contributed by atoms with Crippen molar-refractivity contribution in [3.8, 4) is 0 Å². The minimum Gasteiger partial charge on any atom is -0.481 e. The van der Waals surface area contributed by atoms with E-state index in [0.717, 1.165) is 16.5 Å². The Balaban J connectivity index is 2.06. The number of hydrogen-bond acceptors (Lipinski definition) is 2. The number of carboxylic acids is 1. The van der Waals surface area contributed by atoms with Gasteiger partial charge in [0.2, 0.25) is 0 Å².